The number of carbonyl (C=O) groups excluding carboxylic acids is 2. The van der Waals surface area contributed by atoms with E-state index in [4.69, 9.17) is 0 Å². The van der Waals surface area contributed by atoms with Crippen molar-refractivity contribution in [2.24, 2.45) is 11.8 Å². The highest BCUT2D eigenvalue weighted by atomic mass is 16.1. The maximum atomic E-state index is 13.3. The first-order valence-electron chi connectivity index (χ1n) is 10.2. The van der Waals surface area contributed by atoms with E-state index in [0.29, 0.717) is 6.42 Å². The molecule has 3 aromatic carbocycles. The van der Waals surface area contributed by atoms with Crippen molar-refractivity contribution in [1.29, 1.82) is 0 Å². The molecule has 0 spiro atoms. The van der Waals surface area contributed by atoms with Crippen LogP contribution in [0.1, 0.15) is 33.7 Å². The van der Waals surface area contributed by atoms with Crippen LogP contribution in [0.3, 0.4) is 0 Å². The average Bonchev–Trinajstić information content (AvgIpc) is 2.77. The Kier molecular flexibility index (Phi) is 3.37. The summed E-state index contributed by atoms with van der Waals surface area (Å²) in [6.45, 7) is 0. The predicted molar refractivity (Wildman–Crippen MR) is 112 cm³/mol. The smallest absolute Gasteiger partial charge is 0.160 e. The molecule has 2 atom stereocenters. The van der Waals surface area contributed by atoms with Crippen LogP contribution >= 0.6 is 0 Å². The summed E-state index contributed by atoms with van der Waals surface area (Å²) in [4.78, 5) is 26.5. The van der Waals surface area contributed by atoms with Crippen LogP contribution in [-0.2, 0) is 21.4 Å². The maximum Gasteiger partial charge on any atom is 0.160 e. The zero-order chi connectivity index (χ0) is 19.6. The zero-order valence-corrected chi connectivity index (χ0v) is 15.9. The van der Waals surface area contributed by atoms with Gasteiger partial charge in [0, 0.05) is 23.2 Å². The lowest BCUT2D eigenvalue weighted by Crippen LogP contribution is -2.58. The summed E-state index contributed by atoms with van der Waals surface area (Å²) in [5.74, 6) is -0.553. The van der Waals surface area contributed by atoms with Gasteiger partial charge in [-0.1, -0.05) is 78.9 Å². The summed E-state index contributed by atoms with van der Waals surface area (Å²) in [6.07, 6.45) is 3.73. The topological polar surface area (TPSA) is 34.1 Å². The summed E-state index contributed by atoms with van der Waals surface area (Å²) in [7, 11) is 0. The van der Waals surface area contributed by atoms with Gasteiger partial charge in [-0.15, -0.1) is 0 Å². The third-order valence-electron chi connectivity index (χ3n) is 7.17. The fraction of sp³-hybridized carbons (Fsp3) is 0.185. The Hall–Kier alpha value is -3.26. The van der Waals surface area contributed by atoms with Gasteiger partial charge in [-0.2, -0.15) is 0 Å². The van der Waals surface area contributed by atoms with Gasteiger partial charge in [-0.3, -0.25) is 9.59 Å². The number of carbonyl (C=O) groups is 2. The van der Waals surface area contributed by atoms with E-state index >= 15 is 0 Å². The van der Waals surface area contributed by atoms with Crippen molar-refractivity contribution in [3.05, 3.63) is 119 Å². The van der Waals surface area contributed by atoms with Crippen LogP contribution in [-0.4, -0.2) is 11.6 Å². The van der Waals surface area contributed by atoms with E-state index in [1.54, 1.807) is 0 Å². The Balaban J connectivity index is 1.73. The summed E-state index contributed by atoms with van der Waals surface area (Å²) in [6, 6.07) is 27.3. The Labute approximate surface area is 169 Å². The Bertz CT molecular complexity index is 1140. The minimum Gasteiger partial charge on any atom is -0.294 e. The maximum absolute atomic E-state index is 13.3. The van der Waals surface area contributed by atoms with E-state index in [-0.39, 0.29) is 29.3 Å². The van der Waals surface area contributed by atoms with Crippen LogP contribution in [0.15, 0.2) is 91.0 Å². The third kappa shape index (κ3) is 2.06. The van der Waals surface area contributed by atoms with Gasteiger partial charge in [0.2, 0.25) is 0 Å². The van der Waals surface area contributed by atoms with Gasteiger partial charge in [0.25, 0.3) is 0 Å². The predicted octanol–water partition coefficient (Wildman–Crippen LogP) is 4.61. The highest BCUT2D eigenvalue weighted by molar-refractivity contribution is 6.10. The zero-order valence-electron chi connectivity index (χ0n) is 15.9. The second-order valence-corrected chi connectivity index (χ2v) is 8.43. The molecular formula is C27H20O2. The molecule has 7 rings (SSSR count). The minimum absolute atomic E-state index is 0.0496. The molecule has 29 heavy (non-hydrogen) atoms. The van der Waals surface area contributed by atoms with E-state index < -0.39 is 5.41 Å². The third-order valence-corrected chi connectivity index (χ3v) is 7.17. The van der Waals surface area contributed by atoms with E-state index in [0.717, 1.165) is 0 Å². The summed E-state index contributed by atoms with van der Waals surface area (Å²) in [5.41, 5.74) is 5.51. The number of allylic oxidation sites excluding steroid dienone is 2. The van der Waals surface area contributed by atoms with E-state index in [1.807, 2.05) is 18.2 Å². The Morgan fingerprint density at radius 1 is 0.655 bits per heavy atom. The van der Waals surface area contributed by atoms with E-state index in [9.17, 15) is 9.59 Å². The molecule has 0 saturated carbocycles. The van der Waals surface area contributed by atoms with Gasteiger partial charge in [0.15, 0.2) is 11.6 Å². The lowest BCUT2D eigenvalue weighted by molar-refractivity contribution is -0.133. The van der Waals surface area contributed by atoms with Crippen molar-refractivity contribution in [3.8, 4) is 0 Å². The number of benzene rings is 3. The van der Waals surface area contributed by atoms with Gasteiger partial charge in [0.05, 0.1) is 0 Å². The molecular weight excluding hydrogens is 356 g/mol. The van der Waals surface area contributed by atoms with Gasteiger partial charge in [-0.05, 0) is 46.4 Å². The van der Waals surface area contributed by atoms with Crippen molar-refractivity contribution in [3.63, 3.8) is 0 Å². The van der Waals surface area contributed by atoms with Gasteiger partial charge in [0.1, 0.15) is 0 Å². The molecule has 4 aliphatic carbocycles. The number of rotatable bonds is 2. The normalized spacial score (nSPS) is 28.6. The number of hydrogen-bond donors (Lipinski definition) is 0. The lowest BCUT2D eigenvalue weighted by Gasteiger charge is -2.57. The monoisotopic (exact) mass is 376 g/mol. The average molecular weight is 376 g/mol. The molecule has 2 nitrogen and oxygen atoms in total. The first-order chi connectivity index (χ1) is 14.2. The Morgan fingerprint density at radius 3 is 1.86 bits per heavy atom. The van der Waals surface area contributed by atoms with Gasteiger partial charge in [-0.25, -0.2) is 0 Å². The molecule has 0 heterocycles. The van der Waals surface area contributed by atoms with Gasteiger partial charge < -0.3 is 0 Å². The first-order valence-corrected chi connectivity index (χ1v) is 10.2. The quantitative estimate of drug-likeness (QED) is 0.654. The fourth-order valence-electron chi connectivity index (χ4n) is 6.23. The van der Waals surface area contributed by atoms with E-state index in [2.05, 4.69) is 60.7 Å². The molecule has 0 amide bonds. The van der Waals surface area contributed by atoms with Crippen molar-refractivity contribution >= 4 is 11.6 Å². The summed E-state index contributed by atoms with van der Waals surface area (Å²) in [5, 5.41) is 0. The Morgan fingerprint density at radius 2 is 1.21 bits per heavy atom. The molecule has 0 N–H and O–H groups in total. The van der Waals surface area contributed by atoms with Gasteiger partial charge >= 0.3 is 0 Å². The fourth-order valence-corrected chi connectivity index (χ4v) is 6.23. The number of ketones is 2. The highest BCUT2D eigenvalue weighted by Gasteiger charge is 2.62. The molecule has 0 fully saturated rings. The summed E-state index contributed by atoms with van der Waals surface area (Å²) < 4.78 is 0. The largest absolute Gasteiger partial charge is 0.294 e. The lowest BCUT2D eigenvalue weighted by atomic mass is 9.43. The van der Waals surface area contributed by atoms with Crippen molar-refractivity contribution in [2.75, 3.05) is 0 Å². The SMILES string of the molecule is O=C1C=CC(=O)C2C1C1c3ccccc3C2(Cc2ccccc2)c2ccccc21. The van der Waals surface area contributed by atoms with Crippen LogP contribution in [0.25, 0.3) is 0 Å². The standard InChI is InChI=1S/C27H20O2/c28-22-14-15-23(29)26-25(22)24-18-10-4-6-12-20(18)27(26,16-17-8-2-1-3-9-17)21-13-7-5-11-19(21)24/h1-15,24-26H,16H2. The molecule has 2 unspecified atom stereocenters. The molecule has 2 bridgehead atoms. The minimum atomic E-state index is -0.522. The molecule has 4 aliphatic rings. The van der Waals surface area contributed by atoms with Crippen molar-refractivity contribution in [2.45, 2.75) is 17.8 Å². The van der Waals surface area contributed by atoms with Crippen LogP contribution in [0.5, 0.6) is 0 Å². The van der Waals surface area contributed by atoms with Crippen LogP contribution < -0.4 is 0 Å². The van der Waals surface area contributed by atoms with Crippen molar-refractivity contribution < 1.29 is 9.59 Å². The second kappa shape index (κ2) is 5.87. The molecule has 0 radical (unpaired) electrons. The molecule has 0 saturated heterocycles. The molecule has 2 heteroatoms. The molecule has 140 valence electrons. The van der Waals surface area contributed by atoms with Crippen LogP contribution in [0, 0.1) is 11.8 Å². The first kappa shape index (κ1) is 16.7. The second-order valence-electron chi connectivity index (χ2n) is 8.43. The molecule has 0 aromatic heterocycles. The molecule has 3 aromatic rings. The van der Waals surface area contributed by atoms with Crippen LogP contribution in [0.4, 0.5) is 0 Å². The van der Waals surface area contributed by atoms with Crippen LogP contribution in [0.2, 0.25) is 0 Å². The summed E-state index contributed by atoms with van der Waals surface area (Å²) >= 11 is 0. The molecule has 0 aliphatic heterocycles. The van der Waals surface area contributed by atoms with Crippen molar-refractivity contribution in [1.82, 2.24) is 0 Å². The highest BCUT2D eigenvalue weighted by Crippen LogP contribution is 2.63. The number of hydrogen-bond acceptors (Lipinski definition) is 2. The van der Waals surface area contributed by atoms with E-state index in [1.165, 1.54) is 40.0 Å².